The molecule has 0 N–H and O–H groups in total. The lowest BCUT2D eigenvalue weighted by Gasteiger charge is -2.16. The van der Waals surface area contributed by atoms with Crippen LogP contribution in [-0.4, -0.2) is 16.7 Å². The Morgan fingerprint density at radius 1 is 1.08 bits per heavy atom. The molecule has 0 atom stereocenters. The third-order valence-corrected chi connectivity index (χ3v) is 4.30. The predicted octanol–water partition coefficient (Wildman–Crippen LogP) is 5.39. The lowest BCUT2D eigenvalue weighted by molar-refractivity contribution is -0.143. The molecular formula is C18H14BrF3N2O. The van der Waals surface area contributed by atoms with Crippen molar-refractivity contribution in [2.24, 2.45) is 0 Å². The molecule has 25 heavy (non-hydrogen) atoms. The van der Waals surface area contributed by atoms with E-state index in [2.05, 4.69) is 20.9 Å². The van der Waals surface area contributed by atoms with Crippen LogP contribution in [-0.2, 0) is 12.7 Å². The Kier molecular flexibility index (Phi) is 4.85. The van der Waals surface area contributed by atoms with Crippen LogP contribution in [0.2, 0.25) is 0 Å². The molecular weight excluding hydrogens is 397 g/mol. The minimum atomic E-state index is -4.50. The number of imidazole rings is 1. The summed E-state index contributed by atoms with van der Waals surface area (Å²) in [6, 6.07) is 14.0. The molecule has 0 amide bonds. The van der Waals surface area contributed by atoms with Crippen LogP contribution in [0.15, 0.2) is 59.2 Å². The molecule has 2 aromatic carbocycles. The van der Waals surface area contributed by atoms with Gasteiger partial charge in [-0.15, -0.1) is 0 Å². The largest absolute Gasteiger partial charge is 0.496 e. The smallest absolute Gasteiger partial charge is 0.433 e. The van der Waals surface area contributed by atoms with Crippen LogP contribution in [0.1, 0.15) is 11.3 Å². The van der Waals surface area contributed by atoms with Crippen molar-refractivity contribution in [2.75, 3.05) is 7.11 Å². The summed E-state index contributed by atoms with van der Waals surface area (Å²) >= 11 is 3.32. The molecule has 0 unspecified atom stereocenters. The fourth-order valence-corrected chi connectivity index (χ4v) is 2.86. The molecule has 0 spiro atoms. The van der Waals surface area contributed by atoms with Gasteiger partial charge in [-0.1, -0.05) is 46.3 Å². The maximum atomic E-state index is 13.4. The Morgan fingerprint density at radius 3 is 2.40 bits per heavy atom. The fourth-order valence-electron chi connectivity index (χ4n) is 2.60. The van der Waals surface area contributed by atoms with Crippen molar-refractivity contribution >= 4 is 15.9 Å². The number of alkyl halides is 3. The molecule has 3 rings (SSSR count). The molecule has 0 saturated heterocycles. The molecule has 0 radical (unpaired) electrons. The van der Waals surface area contributed by atoms with E-state index in [4.69, 9.17) is 4.74 Å². The fraction of sp³-hybridized carbons (Fsp3) is 0.167. The van der Waals surface area contributed by atoms with Gasteiger partial charge in [0.15, 0.2) is 0 Å². The summed E-state index contributed by atoms with van der Waals surface area (Å²) in [5, 5.41) is 0. The average Bonchev–Trinajstić information content (AvgIpc) is 3.00. The summed E-state index contributed by atoms with van der Waals surface area (Å²) in [6.07, 6.45) is -3.63. The van der Waals surface area contributed by atoms with Gasteiger partial charge in [0.05, 0.1) is 19.9 Å². The van der Waals surface area contributed by atoms with Crippen molar-refractivity contribution in [3.8, 4) is 17.1 Å². The van der Waals surface area contributed by atoms with E-state index in [-0.39, 0.29) is 12.4 Å². The van der Waals surface area contributed by atoms with Gasteiger partial charge in [0.2, 0.25) is 0 Å². The molecule has 0 aliphatic rings. The third-order valence-electron chi connectivity index (χ3n) is 3.77. The highest BCUT2D eigenvalue weighted by atomic mass is 79.9. The highest BCUT2D eigenvalue weighted by Gasteiger charge is 2.36. The normalized spacial score (nSPS) is 11.6. The van der Waals surface area contributed by atoms with Gasteiger partial charge in [-0.05, 0) is 18.2 Å². The molecule has 7 heteroatoms. The molecule has 0 aliphatic heterocycles. The SMILES string of the molecule is COc1ccccc1Cn1c(C(F)(F)F)cnc1-c1ccc(Br)cc1. The molecule has 3 nitrogen and oxygen atoms in total. The number of methoxy groups -OCH3 is 1. The van der Waals surface area contributed by atoms with E-state index in [0.29, 0.717) is 16.9 Å². The van der Waals surface area contributed by atoms with Crippen molar-refractivity contribution in [1.29, 1.82) is 0 Å². The monoisotopic (exact) mass is 410 g/mol. The molecule has 0 bridgehead atoms. The zero-order chi connectivity index (χ0) is 18.0. The summed E-state index contributed by atoms with van der Waals surface area (Å²) in [5.41, 5.74) is 0.455. The second-order valence-corrected chi connectivity index (χ2v) is 6.29. The molecule has 130 valence electrons. The van der Waals surface area contributed by atoms with Gasteiger partial charge in [-0.3, -0.25) is 0 Å². The van der Waals surface area contributed by atoms with E-state index in [0.717, 1.165) is 10.7 Å². The number of benzene rings is 2. The first-order chi connectivity index (χ1) is 11.9. The predicted molar refractivity (Wildman–Crippen MR) is 92.5 cm³/mol. The first kappa shape index (κ1) is 17.5. The van der Waals surface area contributed by atoms with Crippen LogP contribution in [0, 0.1) is 0 Å². The van der Waals surface area contributed by atoms with E-state index in [9.17, 15) is 13.2 Å². The standard InChI is InChI=1S/C18H14BrF3N2O/c1-25-15-5-3-2-4-13(15)11-24-16(18(20,21)22)10-23-17(24)12-6-8-14(19)9-7-12/h2-10H,11H2,1H3. The zero-order valence-electron chi connectivity index (χ0n) is 13.2. The van der Waals surface area contributed by atoms with E-state index in [1.807, 2.05) is 0 Å². The Bertz CT molecular complexity index is 873. The number of nitrogens with zero attached hydrogens (tertiary/aromatic N) is 2. The van der Waals surface area contributed by atoms with Gasteiger partial charge >= 0.3 is 6.18 Å². The highest BCUT2D eigenvalue weighted by molar-refractivity contribution is 9.10. The van der Waals surface area contributed by atoms with Crippen LogP contribution in [0.5, 0.6) is 5.75 Å². The summed E-state index contributed by atoms with van der Waals surface area (Å²) in [6.45, 7) is 0.00422. The highest BCUT2D eigenvalue weighted by Crippen LogP contribution is 2.34. The van der Waals surface area contributed by atoms with Gasteiger partial charge in [-0.2, -0.15) is 13.2 Å². The third kappa shape index (κ3) is 3.71. The van der Waals surface area contributed by atoms with Gasteiger partial charge < -0.3 is 9.30 Å². The van der Waals surface area contributed by atoms with Crippen molar-refractivity contribution in [1.82, 2.24) is 9.55 Å². The first-order valence-electron chi connectivity index (χ1n) is 7.40. The van der Waals surface area contributed by atoms with Crippen LogP contribution in [0.3, 0.4) is 0 Å². The second-order valence-electron chi connectivity index (χ2n) is 5.37. The summed E-state index contributed by atoms with van der Waals surface area (Å²) < 4.78 is 47.6. The Balaban J connectivity index is 2.12. The minimum Gasteiger partial charge on any atom is -0.496 e. The quantitative estimate of drug-likeness (QED) is 0.576. The van der Waals surface area contributed by atoms with E-state index >= 15 is 0 Å². The van der Waals surface area contributed by atoms with Gasteiger partial charge in [-0.25, -0.2) is 4.98 Å². The molecule has 0 aliphatic carbocycles. The second kappa shape index (κ2) is 6.92. The lowest BCUT2D eigenvalue weighted by atomic mass is 10.1. The minimum absolute atomic E-state index is 0.00422. The zero-order valence-corrected chi connectivity index (χ0v) is 14.8. The Morgan fingerprint density at radius 2 is 1.76 bits per heavy atom. The van der Waals surface area contributed by atoms with Crippen LogP contribution < -0.4 is 4.74 Å². The summed E-state index contributed by atoms with van der Waals surface area (Å²) in [5.74, 6) is 0.789. The number of para-hydroxylation sites is 1. The topological polar surface area (TPSA) is 27.1 Å². The Labute approximate surface area is 151 Å². The lowest BCUT2D eigenvalue weighted by Crippen LogP contribution is -2.15. The first-order valence-corrected chi connectivity index (χ1v) is 8.20. The van der Waals surface area contributed by atoms with Crippen LogP contribution in [0.25, 0.3) is 11.4 Å². The molecule has 0 saturated carbocycles. The van der Waals surface area contributed by atoms with Crippen molar-refractivity contribution in [3.05, 3.63) is 70.5 Å². The number of rotatable bonds is 4. The molecule has 1 aromatic heterocycles. The van der Waals surface area contributed by atoms with Crippen molar-refractivity contribution in [3.63, 3.8) is 0 Å². The number of halogens is 4. The van der Waals surface area contributed by atoms with Gasteiger partial charge in [0.1, 0.15) is 17.3 Å². The van der Waals surface area contributed by atoms with E-state index in [1.54, 1.807) is 48.5 Å². The number of aromatic nitrogens is 2. The van der Waals surface area contributed by atoms with Gasteiger partial charge in [0.25, 0.3) is 0 Å². The Hall–Kier alpha value is -2.28. The van der Waals surface area contributed by atoms with E-state index in [1.165, 1.54) is 11.7 Å². The number of ether oxygens (including phenoxy) is 1. The summed E-state index contributed by atoms with van der Waals surface area (Å²) in [4.78, 5) is 4.02. The van der Waals surface area contributed by atoms with E-state index < -0.39 is 11.9 Å². The van der Waals surface area contributed by atoms with Crippen LogP contribution >= 0.6 is 15.9 Å². The molecule has 0 fully saturated rings. The van der Waals surface area contributed by atoms with Crippen molar-refractivity contribution in [2.45, 2.75) is 12.7 Å². The molecule has 1 heterocycles. The van der Waals surface area contributed by atoms with Gasteiger partial charge in [0, 0.05) is 15.6 Å². The maximum Gasteiger partial charge on any atom is 0.433 e. The number of hydrogen-bond acceptors (Lipinski definition) is 2. The summed E-state index contributed by atoms with van der Waals surface area (Å²) in [7, 11) is 1.49. The number of hydrogen-bond donors (Lipinski definition) is 0. The van der Waals surface area contributed by atoms with Crippen LogP contribution in [0.4, 0.5) is 13.2 Å². The maximum absolute atomic E-state index is 13.4. The van der Waals surface area contributed by atoms with Crippen molar-refractivity contribution < 1.29 is 17.9 Å². The average molecular weight is 411 g/mol. The molecule has 3 aromatic rings.